The zero-order valence-electron chi connectivity index (χ0n) is 12.2. The van der Waals surface area contributed by atoms with Crippen LogP contribution in [-0.2, 0) is 4.79 Å². The molecule has 1 aromatic rings. The van der Waals surface area contributed by atoms with Gasteiger partial charge in [0, 0.05) is 6.04 Å². The van der Waals surface area contributed by atoms with Crippen LogP contribution in [0.5, 0.6) is 5.75 Å². The molecule has 1 fully saturated rings. The first-order valence-electron chi connectivity index (χ1n) is 7.31. The lowest BCUT2D eigenvalue weighted by Gasteiger charge is -2.35. The average molecular weight is 277 g/mol. The van der Waals surface area contributed by atoms with Gasteiger partial charge in [-0.3, -0.25) is 9.69 Å². The Morgan fingerprint density at radius 3 is 2.45 bits per heavy atom. The lowest BCUT2D eigenvalue weighted by atomic mass is 9.95. The van der Waals surface area contributed by atoms with Gasteiger partial charge in [0.1, 0.15) is 5.75 Å². The van der Waals surface area contributed by atoms with Gasteiger partial charge >= 0.3 is 5.97 Å². The lowest BCUT2D eigenvalue weighted by Crippen LogP contribution is -2.37. The van der Waals surface area contributed by atoms with Gasteiger partial charge in [-0.2, -0.15) is 0 Å². The van der Waals surface area contributed by atoms with Gasteiger partial charge in [-0.1, -0.05) is 12.1 Å². The molecule has 0 spiro atoms. The minimum Gasteiger partial charge on any atom is -0.494 e. The van der Waals surface area contributed by atoms with Crippen LogP contribution in [0.15, 0.2) is 24.3 Å². The molecule has 1 atom stereocenters. The second-order valence-electron chi connectivity index (χ2n) is 5.33. The van der Waals surface area contributed by atoms with Crippen LogP contribution in [0.3, 0.4) is 0 Å². The number of hydrogen-bond donors (Lipinski definition) is 1. The van der Waals surface area contributed by atoms with Gasteiger partial charge in [0.05, 0.1) is 12.5 Å². The molecule has 0 bridgehead atoms. The fourth-order valence-electron chi connectivity index (χ4n) is 2.75. The summed E-state index contributed by atoms with van der Waals surface area (Å²) in [6.07, 6.45) is 1.49. The van der Waals surface area contributed by atoms with Crippen LogP contribution >= 0.6 is 0 Å². The Morgan fingerprint density at radius 1 is 1.35 bits per heavy atom. The molecule has 1 unspecified atom stereocenters. The normalized spacial score (nSPS) is 18.7. The fourth-order valence-corrected chi connectivity index (χ4v) is 2.75. The van der Waals surface area contributed by atoms with Gasteiger partial charge < -0.3 is 9.84 Å². The molecule has 4 nitrogen and oxygen atoms in total. The highest BCUT2D eigenvalue weighted by Crippen LogP contribution is 2.27. The maximum atomic E-state index is 11.0. The molecule has 2 rings (SSSR count). The van der Waals surface area contributed by atoms with Crippen LogP contribution in [0, 0.1) is 5.92 Å². The molecule has 110 valence electrons. The minimum absolute atomic E-state index is 0.168. The molecular formula is C16H23NO3. The number of aliphatic carboxylic acids is 1. The van der Waals surface area contributed by atoms with Gasteiger partial charge in [0.2, 0.25) is 0 Å². The van der Waals surface area contributed by atoms with Gasteiger partial charge in [-0.25, -0.2) is 0 Å². The first-order valence-corrected chi connectivity index (χ1v) is 7.31. The van der Waals surface area contributed by atoms with Crippen molar-refractivity contribution in [2.45, 2.75) is 32.7 Å². The summed E-state index contributed by atoms with van der Waals surface area (Å²) in [5, 5.41) is 9.03. The van der Waals surface area contributed by atoms with Crippen molar-refractivity contribution in [1.82, 2.24) is 4.90 Å². The number of nitrogens with zero attached hydrogens (tertiary/aromatic N) is 1. The molecule has 0 aliphatic carbocycles. The maximum absolute atomic E-state index is 11.0. The maximum Gasteiger partial charge on any atom is 0.306 e. The number of ether oxygens (including phenoxy) is 1. The van der Waals surface area contributed by atoms with Crippen LogP contribution in [0.4, 0.5) is 0 Å². The summed E-state index contributed by atoms with van der Waals surface area (Å²) in [7, 11) is 0. The molecule has 1 saturated heterocycles. The Labute approximate surface area is 120 Å². The van der Waals surface area contributed by atoms with Crippen LogP contribution in [0.25, 0.3) is 0 Å². The number of likely N-dealkylation sites (tertiary alicyclic amines) is 1. The summed E-state index contributed by atoms with van der Waals surface area (Å²) in [5.74, 6) is 0.0742. The third-order valence-electron chi connectivity index (χ3n) is 4.10. The highest BCUT2D eigenvalue weighted by atomic mass is 16.5. The first-order chi connectivity index (χ1) is 9.61. The van der Waals surface area contributed by atoms with Crippen molar-refractivity contribution >= 4 is 5.97 Å². The fraction of sp³-hybridized carbons (Fsp3) is 0.562. The summed E-state index contributed by atoms with van der Waals surface area (Å²) in [4.78, 5) is 13.3. The molecule has 1 heterocycles. The topological polar surface area (TPSA) is 49.8 Å². The van der Waals surface area contributed by atoms with E-state index in [0.29, 0.717) is 12.6 Å². The molecule has 4 heteroatoms. The van der Waals surface area contributed by atoms with E-state index >= 15 is 0 Å². The number of piperidine rings is 1. The Bertz CT molecular complexity index is 436. The molecule has 0 aromatic heterocycles. The van der Waals surface area contributed by atoms with Crippen molar-refractivity contribution in [3.63, 3.8) is 0 Å². The van der Waals surface area contributed by atoms with Crippen LogP contribution in [-0.4, -0.2) is 35.7 Å². The van der Waals surface area contributed by atoms with E-state index < -0.39 is 5.97 Å². The summed E-state index contributed by atoms with van der Waals surface area (Å²) in [5.41, 5.74) is 1.25. The molecular weight excluding hydrogens is 254 g/mol. The third kappa shape index (κ3) is 3.51. The largest absolute Gasteiger partial charge is 0.494 e. The summed E-state index contributed by atoms with van der Waals surface area (Å²) < 4.78 is 5.45. The molecule has 1 aliphatic heterocycles. The highest BCUT2D eigenvalue weighted by Gasteiger charge is 2.27. The Balaban J connectivity index is 1.94. The van der Waals surface area contributed by atoms with Crippen molar-refractivity contribution in [1.29, 1.82) is 0 Å². The van der Waals surface area contributed by atoms with E-state index in [0.717, 1.165) is 31.7 Å². The van der Waals surface area contributed by atoms with Crippen molar-refractivity contribution in [3.8, 4) is 5.75 Å². The quantitative estimate of drug-likeness (QED) is 0.899. The standard InChI is InChI=1S/C16H23NO3/c1-3-20-15-6-4-13(5-7-15)12(2)17-10-8-14(9-11-17)16(18)19/h4-7,12,14H,3,8-11H2,1-2H3,(H,18,19). The number of carbonyl (C=O) groups is 1. The summed E-state index contributed by atoms with van der Waals surface area (Å²) >= 11 is 0. The second-order valence-corrected chi connectivity index (χ2v) is 5.33. The van der Waals surface area contributed by atoms with E-state index in [1.807, 2.05) is 19.1 Å². The van der Waals surface area contributed by atoms with E-state index in [4.69, 9.17) is 9.84 Å². The molecule has 1 N–H and O–H groups in total. The van der Waals surface area contributed by atoms with Gasteiger partial charge in [-0.15, -0.1) is 0 Å². The van der Waals surface area contributed by atoms with Gasteiger partial charge in [0.25, 0.3) is 0 Å². The smallest absolute Gasteiger partial charge is 0.306 e. The Kier molecular flexibility index (Phi) is 5.01. The number of carboxylic acid groups (broad SMARTS) is 1. The summed E-state index contributed by atoms with van der Waals surface area (Å²) in [6.45, 7) is 6.54. The monoisotopic (exact) mass is 277 g/mol. The van der Waals surface area contributed by atoms with Crippen molar-refractivity contribution < 1.29 is 14.6 Å². The molecule has 1 aliphatic rings. The third-order valence-corrected chi connectivity index (χ3v) is 4.10. The predicted octanol–water partition coefficient (Wildman–Crippen LogP) is 2.94. The van der Waals surface area contributed by atoms with E-state index in [1.165, 1.54) is 5.56 Å². The van der Waals surface area contributed by atoms with Gasteiger partial charge in [0.15, 0.2) is 0 Å². The zero-order chi connectivity index (χ0) is 14.5. The molecule has 1 aromatic carbocycles. The Hall–Kier alpha value is -1.55. The van der Waals surface area contributed by atoms with Crippen molar-refractivity contribution in [3.05, 3.63) is 29.8 Å². The molecule has 20 heavy (non-hydrogen) atoms. The Morgan fingerprint density at radius 2 is 1.95 bits per heavy atom. The van der Waals surface area contributed by atoms with E-state index in [9.17, 15) is 4.79 Å². The number of carboxylic acids is 1. The summed E-state index contributed by atoms with van der Waals surface area (Å²) in [6, 6.07) is 8.51. The molecule has 0 saturated carbocycles. The van der Waals surface area contributed by atoms with E-state index in [-0.39, 0.29) is 5.92 Å². The van der Waals surface area contributed by atoms with E-state index in [2.05, 4.69) is 24.0 Å². The molecule has 0 amide bonds. The van der Waals surface area contributed by atoms with Crippen LogP contribution in [0.2, 0.25) is 0 Å². The van der Waals surface area contributed by atoms with Crippen LogP contribution in [0.1, 0.15) is 38.3 Å². The highest BCUT2D eigenvalue weighted by molar-refractivity contribution is 5.70. The SMILES string of the molecule is CCOc1ccc(C(C)N2CCC(C(=O)O)CC2)cc1. The lowest BCUT2D eigenvalue weighted by molar-refractivity contribution is -0.143. The molecule has 0 radical (unpaired) electrons. The predicted molar refractivity (Wildman–Crippen MR) is 78.0 cm³/mol. The second kappa shape index (κ2) is 6.75. The van der Waals surface area contributed by atoms with Crippen LogP contribution < -0.4 is 4.74 Å². The number of hydrogen-bond acceptors (Lipinski definition) is 3. The van der Waals surface area contributed by atoms with Crippen molar-refractivity contribution in [2.24, 2.45) is 5.92 Å². The van der Waals surface area contributed by atoms with E-state index in [1.54, 1.807) is 0 Å². The zero-order valence-corrected chi connectivity index (χ0v) is 12.2. The first kappa shape index (κ1) is 14.9. The minimum atomic E-state index is -0.654. The average Bonchev–Trinajstić information content (AvgIpc) is 2.48. The number of benzene rings is 1. The van der Waals surface area contributed by atoms with Gasteiger partial charge in [-0.05, 0) is 57.5 Å². The van der Waals surface area contributed by atoms with Crippen molar-refractivity contribution in [2.75, 3.05) is 19.7 Å². The number of rotatable bonds is 5.